The summed E-state index contributed by atoms with van der Waals surface area (Å²) in [5, 5.41) is 2.05. The summed E-state index contributed by atoms with van der Waals surface area (Å²) in [4.78, 5) is 2.48. The highest BCUT2D eigenvalue weighted by Gasteiger charge is 2.20. The molecule has 7 nitrogen and oxygen atoms in total. The van der Waals surface area contributed by atoms with Gasteiger partial charge < -0.3 is 16.1 Å². The molecule has 0 aliphatic carbocycles. The zero-order valence-electron chi connectivity index (χ0n) is 12.7. The van der Waals surface area contributed by atoms with Crippen molar-refractivity contribution in [3.63, 3.8) is 0 Å². The topological polar surface area (TPSA) is 81.9 Å². The van der Waals surface area contributed by atoms with Crippen LogP contribution in [0.15, 0.2) is 23.1 Å². The van der Waals surface area contributed by atoms with Gasteiger partial charge in [-0.3, -0.25) is 0 Å². The first-order chi connectivity index (χ1) is 9.80. The number of rotatable bonds is 4. The number of hydrogen-bond donors (Lipinski definition) is 2. The minimum Gasteiger partial charge on any atom is -0.397 e. The molecule has 3 N–H and O–H groups in total. The molecule has 0 atom stereocenters. The Hall–Kier alpha value is -1.35. The molecule has 118 valence electrons. The van der Waals surface area contributed by atoms with Crippen molar-refractivity contribution in [2.24, 2.45) is 0 Å². The van der Waals surface area contributed by atoms with Crippen molar-refractivity contribution in [3.8, 4) is 0 Å². The fourth-order valence-corrected chi connectivity index (χ4v) is 3.02. The van der Waals surface area contributed by atoms with Crippen molar-refractivity contribution in [1.82, 2.24) is 14.2 Å². The minimum atomic E-state index is -3.45. The molecule has 0 saturated carbocycles. The van der Waals surface area contributed by atoms with Gasteiger partial charge in [0.2, 0.25) is 10.0 Å². The molecule has 21 heavy (non-hydrogen) atoms. The molecular weight excluding hydrogens is 290 g/mol. The normalized spacial score (nSPS) is 18.1. The van der Waals surface area contributed by atoms with Crippen molar-refractivity contribution in [2.75, 3.05) is 58.5 Å². The number of nitrogens with two attached hydrogens (primary N) is 1. The van der Waals surface area contributed by atoms with E-state index in [2.05, 4.69) is 22.4 Å². The molecule has 0 amide bonds. The average molecular weight is 313 g/mol. The molecule has 1 aliphatic rings. The number of nitrogen functional groups attached to an aromatic ring is 1. The van der Waals surface area contributed by atoms with E-state index in [9.17, 15) is 8.42 Å². The molecular formula is C13H23N5O2S. The van der Waals surface area contributed by atoms with E-state index in [0.717, 1.165) is 26.2 Å². The molecule has 0 unspecified atom stereocenters. The van der Waals surface area contributed by atoms with Gasteiger partial charge in [-0.15, -0.1) is 0 Å². The van der Waals surface area contributed by atoms with Gasteiger partial charge >= 0.3 is 0 Å². The van der Waals surface area contributed by atoms with Crippen LogP contribution in [0.25, 0.3) is 0 Å². The third-order valence-corrected chi connectivity index (χ3v) is 5.40. The number of hydrogen-bond acceptors (Lipinski definition) is 6. The molecule has 0 radical (unpaired) electrons. The largest absolute Gasteiger partial charge is 0.397 e. The van der Waals surface area contributed by atoms with E-state index in [1.54, 1.807) is 12.1 Å². The van der Waals surface area contributed by atoms with Crippen molar-refractivity contribution in [2.45, 2.75) is 4.90 Å². The molecule has 0 spiro atoms. The van der Waals surface area contributed by atoms with Crippen LogP contribution in [0.3, 0.4) is 0 Å². The molecule has 2 rings (SSSR count). The Morgan fingerprint density at radius 1 is 1.19 bits per heavy atom. The molecule has 1 aliphatic heterocycles. The smallest absolute Gasteiger partial charge is 0.242 e. The van der Waals surface area contributed by atoms with Gasteiger partial charge in [-0.05, 0) is 25.2 Å². The molecule has 1 aromatic carbocycles. The Morgan fingerprint density at radius 3 is 2.38 bits per heavy atom. The zero-order chi connectivity index (χ0) is 15.6. The van der Waals surface area contributed by atoms with Crippen molar-refractivity contribution >= 4 is 21.4 Å². The SMILES string of the molecule is CN1CCN(Nc2cc(S(=O)(=O)N(C)C)ccc2N)CC1. The van der Waals surface area contributed by atoms with Crippen LogP contribution in [0, 0.1) is 0 Å². The van der Waals surface area contributed by atoms with E-state index < -0.39 is 10.0 Å². The molecule has 8 heteroatoms. The maximum Gasteiger partial charge on any atom is 0.242 e. The van der Waals surface area contributed by atoms with E-state index >= 15 is 0 Å². The highest BCUT2D eigenvalue weighted by molar-refractivity contribution is 7.89. The summed E-state index contributed by atoms with van der Waals surface area (Å²) in [5.74, 6) is 0. The van der Waals surface area contributed by atoms with Crippen LogP contribution in [-0.4, -0.2) is 70.0 Å². The van der Waals surface area contributed by atoms with Gasteiger partial charge in [0.25, 0.3) is 0 Å². The lowest BCUT2D eigenvalue weighted by molar-refractivity contribution is 0.179. The van der Waals surface area contributed by atoms with Gasteiger partial charge in [0.05, 0.1) is 16.3 Å². The second kappa shape index (κ2) is 6.18. The predicted octanol–water partition coefficient (Wildman–Crippen LogP) is 0.0934. The number of hydrazine groups is 1. The summed E-state index contributed by atoms with van der Waals surface area (Å²) in [6.45, 7) is 3.65. The van der Waals surface area contributed by atoms with Crippen LogP contribution < -0.4 is 11.2 Å². The Balaban J connectivity index is 2.20. The van der Waals surface area contributed by atoms with E-state index in [1.165, 1.54) is 24.5 Å². The van der Waals surface area contributed by atoms with Crippen molar-refractivity contribution in [1.29, 1.82) is 0 Å². The number of sulfonamides is 1. The maximum atomic E-state index is 12.2. The average Bonchev–Trinajstić information content (AvgIpc) is 2.43. The molecule has 0 aromatic heterocycles. The second-order valence-corrected chi connectivity index (χ2v) is 7.59. The van der Waals surface area contributed by atoms with Crippen LogP contribution in [0.2, 0.25) is 0 Å². The third kappa shape index (κ3) is 3.65. The minimum absolute atomic E-state index is 0.235. The van der Waals surface area contributed by atoms with Crippen LogP contribution in [0.1, 0.15) is 0 Å². The second-order valence-electron chi connectivity index (χ2n) is 5.44. The zero-order valence-corrected chi connectivity index (χ0v) is 13.5. The summed E-state index contributed by atoms with van der Waals surface area (Å²) < 4.78 is 25.5. The molecule has 1 fully saturated rings. The van der Waals surface area contributed by atoms with E-state index in [4.69, 9.17) is 5.73 Å². The molecule has 1 aromatic rings. The van der Waals surface area contributed by atoms with Crippen molar-refractivity contribution in [3.05, 3.63) is 18.2 Å². The van der Waals surface area contributed by atoms with Crippen LogP contribution in [0.4, 0.5) is 11.4 Å². The summed E-state index contributed by atoms with van der Waals surface area (Å²) >= 11 is 0. The maximum absolute atomic E-state index is 12.2. The van der Waals surface area contributed by atoms with Crippen LogP contribution >= 0.6 is 0 Å². The first-order valence-corrected chi connectivity index (χ1v) is 8.27. The summed E-state index contributed by atoms with van der Waals surface area (Å²) in [7, 11) is 1.65. The van der Waals surface area contributed by atoms with Gasteiger partial charge in [-0.1, -0.05) is 0 Å². The number of anilines is 2. The van der Waals surface area contributed by atoms with Gasteiger partial charge in [-0.2, -0.15) is 0 Å². The summed E-state index contributed by atoms with van der Waals surface area (Å²) in [5.41, 5.74) is 10.3. The fraction of sp³-hybridized carbons (Fsp3) is 0.538. The monoisotopic (exact) mass is 313 g/mol. The third-order valence-electron chi connectivity index (χ3n) is 3.59. The number of nitrogens with zero attached hydrogens (tertiary/aromatic N) is 3. The van der Waals surface area contributed by atoms with Crippen LogP contribution in [-0.2, 0) is 10.0 Å². The number of likely N-dealkylation sites (N-methyl/N-ethyl adjacent to an activating group) is 1. The highest BCUT2D eigenvalue weighted by Crippen LogP contribution is 2.24. The van der Waals surface area contributed by atoms with Gasteiger partial charge in [0.15, 0.2) is 0 Å². The van der Waals surface area contributed by atoms with Crippen LogP contribution in [0.5, 0.6) is 0 Å². The molecule has 0 bridgehead atoms. The Kier molecular flexibility index (Phi) is 4.72. The van der Waals surface area contributed by atoms with E-state index in [0.29, 0.717) is 11.4 Å². The van der Waals surface area contributed by atoms with E-state index in [1.807, 2.05) is 0 Å². The quantitative estimate of drug-likeness (QED) is 0.767. The van der Waals surface area contributed by atoms with Gasteiger partial charge in [-0.25, -0.2) is 17.7 Å². The molecule has 1 heterocycles. The number of piperazine rings is 1. The first-order valence-electron chi connectivity index (χ1n) is 6.83. The fourth-order valence-electron chi connectivity index (χ4n) is 2.09. The lowest BCUT2D eigenvalue weighted by Crippen LogP contribution is -2.47. The first kappa shape index (κ1) is 16.0. The lowest BCUT2D eigenvalue weighted by Gasteiger charge is -2.33. The van der Waals surface area contributed by atoms with E-state index in [-0.39, 0.29) is 4.90 Å². The predicted molar refractivity (Wildman–Crippen MR) is 84.4 cm³/mol. The lowest BCUT2D eigenvalue weighted by atomic mass is 10.3. The number of nitrogens with one attached hydrogen (secondary N) is 1. The highest BCUT2D eigenvalue weighted by atomic mass is 32.2. The molecule has 1 saturated heterocycles. The summed E-state index contributed by atoms with van der Waals surface area (Å²) in [6, 6.07) is 4.73. The van der Waals surface area contributed by atoms with Gasteiger partial charge in [0.1, 0.15) is 0 Å². The summed E-state index contributed by atoms with van der Waals surface area (Å²) in [6.07, 6.45) is 0. The number of benzene rings is 1. The standard InChI is InChI=1S/C13H23N5O2S/c1-16(2)21(19,20)11-4-5-12(14)13(10-11)15-18-8-6-17(3)7-9-18/h4-5,10,15H,6-9,14H2,1-3H3. The Morgan fingerprint density at radius 2 is 1.81 bits per heavy atom. The van der Waals surface area contributed by atoms with Gasteiger partial charge in [0, 0.05) is 40.3 Å². The Labute approximate surface area is 126 Å². The van der Waals surface area contributed by atoms with Crippen molar-refractivity contribution < 1.29 is 8.42 Å². The Bertz CT molecular complexity index is 595.